The fraction of sp³-hybridized carbons (Fsp3) is 0.118. The number of nitrogens with two attached hydrogens (primary N) is 1. The highest BCUT2D eigenvalue weighted by Crippen LogP contribution is 2.24. The Morgan fingerprint density at radius 3 is 2.67 bits per heavy atom. The van der Waals surface area contributed by atoms with E-state index in [4.69, 9.17) is 24.2 Å². The molecule has 3 rings (SSSR count). The highest BCUT2D eigenvalue weighted by Gasteiger charge is 2.15. The lowest BCUT2D eigenvalue weighted by atomic mass is 10.1. The number of aromatic nitrogens is 1. The second kappa shape index (κ2) is 5.35. The van der Waals surface area contributed by atoms with Gasteiger partial charge < -0.3 is 5.73 Å². The van der Waals surface area contributed by atoms with Gasteiger partial charge in [-0.3, -0.25) is 9.36 Å². The van der Waals surface area contributed by atoms with Gasteiger partial charge in [-0.2, -0.15) is 0 Å². The van der Waals surface area contributed by atoms with Gasteiger partial charge in [-0.1, -0.05) is 41.9 Å². The molecule has 106 valence electrons. The summed E-state index contributed by atoms with van der Waals surface area (Å²) in [5.74, 6) is 0. The second-order valence-electron chi connectivity index (χ2n) is 4.68. The van der Waals surface area contributed by atoms with Gasteiger partial charge in [0.25, 0.3) is 5.56 Å². The van der Waals surface area contributed by atoms with Crippen molar-refractivity contribution in [3.05, 3.63) is 75.5 Å². The molecule has 0 radical (unpaired) electrons. The SMILES string of the molecule is [2H]c1c([2H])c([2H])c(-n2c([C@H](C)N)cc3cccc(Cl)c3c2=O)c([2H])c1[2H]. The Labute approximate surface area is 134 Å². The van der Waals surface area contributed by atoms with E-state index in [0.717, 1.165) is 4.57 Å². The van der Waals surface area contributed by atoms with Crippen molar-refractivity contribution in [3.8, 4) is 5.69 Å². The maximum absolute atomic E-state index is 13.2. The fourth-order valence-electron chi connectivity index (χ4n) is 2.26. The third-order valence-corrected chi connectivity index (χ3v) is 3.52. The minimum atomic E-state index is -0.621. The molecule has 0 saturated carbocycles. The Balaban J connectivity index is 2.59. The van der Waals surface area contributed by atoms with Crippen molar-refractivity contribution in [1.82, 2.24) is 4.57 Å². The third-order valence-electron chi connectivity index (χ3n) is 3.20. The van der Waals surface area contributed by atoms with Gasteiger partial charge in [0, 0.05) is 17.4 Å². The number of rotatable bonds is 2. The quantitative estimate of drug-likeness (QED) is 0.785. The van der Waals surface area contributed by atoms with Crippen LogP contribution in [0.25, 0.3) is 16.5 Å². The molecule has 2 aromatic carbocycles. The predicted molar refractivity (Wildman–Crippen MR) is 87.2 cm³/mol. The number of fused-ring (bicyclic) bond motifs is 1. The van der Waals surface area contributed by atoms with Crippen molar-refractivity contribution in [2.45, 2.75) is 13.0 Å². The number of nitrogens with zero attached hydrogens (tertiary/aromatic N) is 1. The lowest BCUT2D eigenvalue weighted by Gasteiger charge is -2.17. The standard InChI is InChI=1S/C17H15ClN2O/c1-11(19)15-10-12-6-5-9-14(18)16(12)17(21)20(15)13-7-3-2-4-8-13/h2-11H,19H2,1H3/t11-/m0/s1/i2D,3D,4D,7D,8D. The number of para-hydroxylation sites is 1. The van der Waals surface area contributed by atoms with Crippen LogP contribution in [0.2, 0.25) is 5.02 Å². The van der Waals surface area contributed by atoms with Crippen LogP contribution >= 0.6 is 11.6 Å². The van der Waals surface area contributed by atoms with E-state index < -0.39 is 41.8 Å². The summed E-state index contributed by atoms with van der Waals surface area (Å²) in [4.78, 5) is 13.2. The molecule has 0 bridgehead atoms. The summed E-state index contributed by atoms with van der Waals surface area (Å²) in [6.07, 6.45) is 0. The maximum Gasteiger partial charge on any atom is 0.264 e. The first-order valence-electron chi connectivity index (χ1n) is 8.83. The summed E-state index contributed by atoms with van der Waals surface area (Å²) in [5.41, 5.74) is 5.51. The summed E-state index contributed by atoms with van der Waals surface area (Å²) in [7, 11) is 0. The molecule has 21 heavy (non-hydrogen) atoms. The molecule has 0 spiro atoms. The van der Waals surface area contributed by atoms with Crippen LogP contribution in [0.1, 0.15) is 25.5 Å². The van der Waals surface area contributed by atoms with Crippen LogP contribution in [0.4, 0.5) is 0 Å². The van der Waals surface area contributed by atoms with Crippen molar-refractivity contribution in [2.75, 3.05) is 0 Å². The summed E-state index contributed by atoms with van der Waals surface area (Å²) in [6.45, 7) is 1.65. The van der Waals surface area contributed by atoms with Crippen LogP contribution in [0.3, 0.4) is 0 Å². The molecule has 1 aromatic heterocycles. The largest absolute Gasteiger partial charge is 0.323 e. The first kappa shape index (κ1) is 9.03. The molecule has 0 unspecified atom stereocenters. The fourth-order valence-corrected chi connectivity index (χ4v) is 2.52. The maximum atomic E-state index is 13.2. The van der Waals surface area contributed by atoms with Crippen molar-refractivity contribution < 1.29 is 6.85 Å². The molecule has 0 aliphatic heterocycles. The monoisotopic (exact) mass is 303 g/mol. The van der Waals surface area contributed by atoms with Crippen molar-refractivity contribution >= 4 is 22.4 Å². The van der Waals surface area contributed by atoms with E-state index in [2.05, 4.69) is 0 Å². The van der Waals surface area contributed by atoms with E-state index in [0.29, 0.717) is 11.1 Å². The molecule has 1 heterocycles. The lowest BCUT2D eigenvalue weighted by molar-refractivity contribution is 0.734. The first-order chi connectivity index (χ1) is 12.2. The molecule has 0 aliphatic rings. The Morgan fingerprint density at radius 1 is 1.29 bits per heavy atom. The van der Waals surface area contributed by atoms with Crippen molar-refractivity contribution in [3.63, 3.8) is 0 Å². The zero-order chi connectivity index (χ0) is 19.3. The average Bonchev–Trinajstić information content (AvgIpc) is 2.59. The van der Waals surface area contributed by atoms with Gasteiger partial charge in [0.15, 0.2) is 0 Å². The molecule has 3 nitrogen and oxygen atoms in total. The molecule has 2 N–H and O–H groups in total. The van der Waals surface area contributed by atoms with Crippen molar-refractivity contribution in [2.24, 2.45) is 5.73 Å². The highest BCUT2D eigenvalue weighted by molar-refractivity contribution is 6.35. The topological polar surface area (TPSA) is 48.0 Å². The summed E-state index contributed by atoms with van der Waals surface area (Å²) >= 11 is 6.18. The molecule has 0 aliphatic carbocycles. The van der Waals surface area contributed by atoms with E-state index in [1.807, 2.05) is 0 Å². The van der Waals surface area contributed by atoms with E-state index in [1.54, 1.807) is 31.2 Å². The predicted octanol–water partition coefficient (Wildman–Crippen LogP) is 3.66. The Kier molecular flexibility index (Phi) is 2.30. The number of hydrogen-bond donors (Lipinski definition) is 1. The number of halogens is 1. The van der Waals surface area contributed by atoms with Crippen LogP contribution in [0.15, 0.2) is 59.3 Å². The van der Waals surface area contributed by atoms with E-state index in [9.17, 15) is 4.79 Å². The van der Waals surface area contributed by atoms with Gasteiger partial charge in [-0.15, -0.1) is 0 Å². The van der Waals surface area contributed by atoms with Gasteiger partial charge in [0.1, 0.15) is 0 Å². The number of hydrogen-bond acceptors (Lipinski definition) is 2. The average molecular weight is 304 g/mol. The Bertz CT molecular complexity index is 1080. The third kappa shape index (κ3) is 2.35. The first-order valence-corrected chi connectivity index (χ1v) is 6.71. The van der Waals surface area contributed by atoms with Crippen LogP contribution in [-0.4, -0.2) is 4.57 Å². The lowest BCUT2D eigenvalue weighted by Crippen LogP contribution is -2.25. The van der Waals surface area contributed by atoms with E-state index in [1.165, 1.54) is 0 Å². The number of pyridine rings is 1. The highest BCUT2D eigenvalue weighted by atomic mass is 35.5. The van der Waals surface area contributed by atoms with Gasteiger partial charge >= 0.3 is 0 Å². The molecule has 3 aromatic rings. The van der Waals surface area contributed by atoms with Crippen LogP contribution in [-0.2, 0) is 0 Å². The Morgan fingerprint density at radius 2 is 2.00 bits per heavy atom. The molecular formula is C17H15ClN2O. The normalized spacial score (nSPS) is 15.9. The molecule has 0 amide bonds. The van der Waals surface area contributed by atoms with Crippen LogP contribution < -0.4 is 11.3 Å². The van der Waals surface area contributed by atoms with Gasteiger partial charge in [-0.05, 0) is 36.5 Å². The number of benzene rings is 2. The molecule has 0 fully saturated rings. The van der Waals surface area contributed by atoms with Gasteiger partial charge in [0.2, 0.25) is 0 Å². The zero-order valence-electron chi connectivity index (χ0n) is 16.2. The smallest absolute Gasteiger partial charge is 0.264 e. The Hall–Kier alpha value is -2.10. The van der Waals surface area contributed by atoms with Crippen LogP contribution in [0, 0.1) is 0 Å². The minimum Gasteiger partial charge on any atom is -0.323 e. The molecule has 1 atom stereocenters. The molecule has 0 saturated heterocycles. The summed E-state index contributed by atoms with van der Waals surface area (Å²) < 4.78 is 40.8. The van der Waals surface area contributed by atoms with Gasteiger partial charge in [0.05, 0.1) is 17.3 Å². The van der Waals surface area contributed by atoms with Crippen molar-refractivity contribution in [1.29, 1.82) is 0 Å². The van der Waals surface area contributed by atoms with E-state index >= 15 is 0 Å². The van der Waals surface area contributed by atoms with Crippen LogP contribution in [0.5, 0.6) is 0 Å². The van der Waals surface area contributed by atoms with Gasteiger partial charge in [-0.25, -0.2) is 0 Å². The molecular weight excluding hydrogens is 284 g/mol. The summed E-state index contributed by atoms with van der Waals surface area (Å²) in [5, 5.41) is 0.980. The minimum absolute atomic E-state index is 0.199. The van der Waals surface area contributed by atoms with E-state index in [-0.39, 0.29) is 16.1 Å². The summed E-state index contributed by atoms with van der Waals surface area (Å²) in [6, 6.07) is 3.45. The second-order valence-corrected chi connectivity index (χ2v) is 5.08. The zero-order valence-corrected chi connectivity index (χ0v) is 12.0. The molecule has 4 heteroatoms.